The van der Waals surface area contributed by atoms with Crippen LogP contribution in [0.25, 0.3) is 22.6 Å². The van der Waals surface area contributed by atoms with E-state index in [1.54, 1.807) is 12.1 Å². The number of hydrogen-bond acceptors (Lipinski definition) is 10. The summed E-state index contributed by atoms with van der Waals surface area (Å²) in [5.41, 5.74) is 1.52. The van der Waals surface area contributed by atoms with Crippen LogP contribution in [0.3, 0.4) is 0 Å². The van der Waals surface area contributed by atoms with Crippen LogP contribution in [-0.4, -0.2) is 31.3 Å². The Hall–Kier alpha value is -3.07. The second-order valence-electron chi connectivity index (χ2n) is 6.69. The molecule has 0 atom stereocenters. The maximum atomic E-state index is 12.8. The van der Waals surface area contributed by atoms with Crippen molar-refractivity contribution in [2.24, 2.45) is 0 Å². The fraction of sp³-hybridized carbons (Fsp3) is 0.158. The lowest BCUT2D eigenvalue weighted by Crippen LogP contribution is -2.58. The zero-order valence-electron chi connectivity index (χ0n) is 16.7. The molecular formula is C19H15BrClN3O9. The first kappa shape index (κ1) is 24.6. The van der Waals surface area contributed by atoms with Gasteiger partial charge < -0.3 is 9.84 Å². The van der Waals surface area contributed by atoms with Crippen LogP contribution >= 0.6 is 15.9 Å². The zero-order valence-corrected chi connectivity index (χ0v) is 19.1. The van der Waals surface area contributed by atoms with Crippen LogP contribution in [0, 0.1) is 20.4 Å². The summed E-state index contributed by atoms with van der Waals surface area (Å²) in [6.07, 6.45) is 2.44. The Morgan fingerprint density at radius 3 is 2.55 bits per heavy atom. The van der Waals surface area contributed by atoms with Crippen LogP contribution in [-0.2, 0) is 6.54 Å². The minimum atomic E-state index is -4.69. The summed E-state index contributed by atoms with van der Waals surface area (Å²) in [6, 6.07) is 7.53. The molecule has 0 radical (unpaired) electrons. The molecule has 0 saturated carbocycles. The van der Waals surface area contributed by atoms with E-state index in [-0.39, 0.29) is 22.4 Å². The molecule has 12 nitrogen and oxygen atoms in total. The van der Waals surface area contributed by atoms with Crippen molar-refractivity contribution in [2.45, 2.75) is 13.0 Å². The Balaban J connectivity index is 0.000000555. The number of nitro benzene ring substituents is 1. The van der Waals surface area contributed by atoms with E-state index in [0.717, 1.165) is 11.1 Å². The number of benzene rings is 2. The molecule has 2 aromatic carbocycles. The number of non-ortho nitro benzene ring substituents is 1. The van der Waals surface area contributed by atoms with Gasteiger partial charge in [0.1, 0.15) is 5.82 Å². The number of hydrogen-bond donors (Lipinski definition) is 2. The fourth-order valence-electron chi connectivity index (χ4n) is 3.28. The molecule has 0 bridgehead atoms. The monoisotopic (exact) mass is 543 g/mol. The van der Waals surface area contributed by atoms with Gasteiger partial charge in [0, 0.05) is 18.7 Å². The Kier molecular flexibility index (Phi) is 7.02. The summed E-state index contributed by atoms with van der Waals surface area (Å²) < 4.78 is 39.8. The van der Waals surface area contributed by atoms with Crippen molar-refractivity contribution in [1.29, 1.82) is 0 Å². The first-order chi connectivity index (χ1) is 15.4. The molecule has 0 fully saturated rings. The highest BCUT2D eigenvalue weighted by Gasteiger charge is 2.22. The minimum Gasteiger partial charge on any atom is -0.503 e. The Labute approximate surface area is 195 Å². The molecular weight excluding hydrogens is 530 g/mol. The standard InChI is InChI=1S/C19H14BrN3O5.ClHO4/c1-28-15-5-2-10(16(20)17(15)24)8-11-6-7-22-18(11)21-14-4-3-12(23(26)27)9-13(14)19(22)25;2-1(3,4)5/h2-5,8-9,24H,6-7H2,1H3;(H,2,3,4,5)/b11-8+;. The Bertz CT molecular complexity index is 1330. The largest absolute Gasteiger partial charge is 0.503 e. The van der Waals surface area contributed by atoms with E-state index in [4.69, 9.17) is 23.4 Å². The molecule has 0 aliphatic carbocycles. The highest BCUT2D eigenvalue weighted by molar-refractivity contribution is 9.10. The third-order valence-electron chi connectivity index (χ3n) is 4.70. The van der Waals surface area contributed by atoms with E-state index < -0.39 is 15.2 Å². The van der Waals surface area contributed by atoms with Crippen LogP contribution < -0.4 is 24.3 Å². The molecule has 1 aromatic heterocycles. The lowest BCUT2D eigenvalue weighted by atomic mass is 10.1. The molecule has 174 valence electrons. The number of ether oxygens (including phenoxy) is 1. The van der Waals surface area contributed by atoms with Gasteiger partial charge in [0.25, 0.3) is 11.2 Å². The van der Waals surface area contributed by atoms with Crippen LogP contribution in [0.1, 0.15) is 17.8 Å². The summed E-state index contributed by atoms with van der Waals surface area (Å²) >= 11 is 3.37. The van der Waals surface area contributed by atoms with Gasteiger partial charge in [-0.2, -0.15) is 14.0 Å². The fourth-order valence-corrected chi connectivity index (χ4v) is 3.72. The quantitative estimate of drug-likeness (QED) is 0.323. The molecule has 0 amide bonds. The van der Waals surface area contributed by atoms with Crippen molar-refractivity contribution in [3.05, 3.63) is 66.7 Å². The second-order valence-corrected chi connectivity index (χ2v) is 8.27. The van der Waals surface area contributed by atoms with Crippen LogP contribution in [0.4, 0.5) is 5.69 Å². The average Bonchev–Trinajstić information content (AvgIpc) is 3.13. The number of rotatable bonds is 3. The van der Waals surface area contributed by atoms with E-state index >= 15 is 0 Å². The van der Waals surface area contributed by atoms with Crippen LogP contribution in [0.2, 0.25) is 0 Å². The molecule has 0 unspecified atom stereocenters. The van der Waals surface area contributed by atoms with Crippen molar-refractivity contribution in [3.63, 3.8) is 0 Å². The molecule has 0 spiro atoms. The maximum absolute atomic E-state index is 12.8. The second kappa shape index (κ2) is 9.43. The normalized spacial score (nSPS) is 14.1. The van der Waals surface area contributed by atoms with Gasteiger partial charge in [0.15, 0.2) is 11.5 Å². The van der Waals surface area contributed by atoms with Gasteiger partial charge in [-0.1, -0.05) is 0 Å². The van der Waals surface area contributed by atoms with Crippen LogP contribution in [0.5, 0.6) is 11.5 Å². The van der Waals surface area contributed by atoms with Crippen LogP contribution in [0.15, 0.2) is 39.6 Å². The molecule has 3 aromatic rings. The van der Waals surface area contributed by atoms with Crippen molar-refractivity contribution < 1.29 is 43.6 Å². The highest BCUT2D eigenvalue weighted by atomic mass is 79.9. The first-order valence-electron chi connectivity index (χ1n) is 8.99. The van der Waals surface area contributed by atoms with Crippen molar-refractivity contribution in [3.8, 4) is 11.5 Å². The number of phenolic OH excluding ortho intramolecular Hbond substituents is 1. The topological polar surface area (TPSA) is 197 Å². The van der Waals surface area contributed by atoms with Gasteiger partial charge in [-0.25, -0.2) is 4.98 Å². The van der Waals surface area contributed by atoms with Gasteiger partial charge in [-0.3, -0.25) is 19.5 Å². The van der Waals surface area contributed by atoms with Gasteiger partial charge in [-0.05, 0) is 57.8 Å². The van der Waals surface area contributed by atoms with Gasteiger partial charge in [-0.15, -0.1) is 0 Å². The SMILES string of the molecule is COc1ccc(/C=C2\CCn3c2nc2ccc([N+](=O)[O-])cc2c3=O)c(Br)c1O.[O-][Cl+3]([O-])([O-])O. The summed E-state index contributed by atoms with van der Waals surface area (Å²) in [5, 5.41) is 21.4. The van der Waals surface area contributed by atoms with Crippen molar-refractivity contribution in [1.82, 2.24) is 9.55 Å². The molecule has 14 heteroatoms. The summed E-state index contributed by atoms with van der Waals surface area (Å²) in [4.78, 5) is 27.8. The van der Waals surface area contributed by atoms with Crippen molar-refractivity contribution >= 4 is 44.2 Å². The van der Waals surface area contributed by atoms with E-state index in [2.05, 4.69) is 20.9 Å². The number of allylic oxidation sites excluding steroid dienone is 1. The molecule has 0 saturated heterocycles. The molecule has 1 aliphatic heterocycles. The van der Waals surface area contributed by atoms with E-state index in [0.29, 0.717) is 34.5 Å². The molecule has 2 N–H and O–H groups in total. The average molecular weight is 545 g/mol. The molecule has 2 heterocycles. The minimum absolute atomic E-state index is 0.00832. The highest BCUT2D eigenvalue weighted by Crippen LogP contribution is 2.39. The molecule has 1 aliphatic rings. The predicted molar refractivity (Wildman–Crippen MR) is 110 cm³/mol. The number of halogens is 2. The molecule has 33 heavy (non-hydrogen) atoms. The summed E-state index contributed by atoms with van der Waals surface area (Å²) in [5.74, 6) is 0.863. The van der Waals surface area contributed by atoms with Gasteiger partial charge >= 0.3 is 0 Å². The third kappa shape index (κ3) is 5.47. The van der Waals surface area contributed by atoms with E-state index in [1.807, 2.05) is 6.08 Å². The van der Waals surface area contributed by atoms with E-state index in [1.165, 1.54) is 29.9 Å². The maximum Gasteiger partial charge on any atom is 0.270 e. The van der Waals surface area contributed by atoms with Crippen molar-refractivity contribution in [2.75, 3.05) is 7.11 Å². The van der Waals surface area contributed by atoms with Gasteiger partial charge in [0.05, 0.1) is 42.3 Å². The zero-order chi connectivity index (χ0) is 24.5. The summed E-state index contributed by atoms with van der Waals surface area (Å²) in [6.45, 7) is 0.436. The third-order valence-corrected chi connectivity index (χ3v) is 5.53. The number of nitro groups is 1. The number of aromatic hydroxyl groups is 1. The van der Waals surface area contributed by atoms with Gasteiger partial charge in [0.2, 0.25) is 0 Å². The number of phenols is 1. The lowest BCUT2D eigenvalue weighted by molar-refractivity contribution is -1.92. The lowest BCUT2D eigenvalue weighted by Gasteiger charge is -2.09. The smallest absolute Gasteiger partial charge is 0.270 e. The Morgan fingerprint density at radius 2 is 1.94 bits per heavy atom. The Morgan fingerprint density at radius 1 is 1.27 bits per heavy atom. The van der Waals surface area contributed by atoms with E-state index in [9.17, 15) is 20.0 Å². The summed E-state index contributed by atoms with van der Waals surface area (Å²) in [7, 11) is -3.22. The molecule has 4 rings (SSSR count). The number of nitrogens with zero attached hydrogens (tertiary/aromatic N) is 3. The number of methoxy groups -OCH3 is 1. The number of fused-ring (bicyclic) bond motifs is 2. The predicted octanol–water partition coefficient (Wildman–Crippen LogP) is -0.398. The number of aromatic nitrogens is 2. The first-order valence-corrected chi connectivity index (χ1v) is 11.0.